The van der Waals surface area contributed by atoms with Crippen molar-refractivity contribution in [3.05, 3.63) is 24.3 Å². The Balaban J connectivity index is 1.98. The molecule has 1 atom stereocenters. The van der Waals surface area contributed by atoms with Crippen molar-refractivity contribution in [3.63, 3.8) is 0 Å². The van der Waals surface area contributed by atoms with Crippen molar-refractivity contribution in [2.75, 3.05) is 24.2 Å². The first kappa shape index (κ1) is 13.8. The van der Waals surface area contributed by atoms with Crippen LogP contribution in [0.4, 0.5) is 5.69 Å². The van der Waals surface area contributed by atoms with E-state index in [1.807, 2.05) is 11.8 Å². The Morgan fingerprint density at radius 2 is 2.17 bits per heavy atom. The van der Waals surface area contributed by atoms with E-state index in [1.54, 1.807) is 0 Å². The largest absolute Gasteiger partial charge is 0.380 e. The second-order valence-corrected chi connectivity index (χ2v) is 6.45. The lowest BCUT2D eigenvalue weighted by atomic mass is 10.2. The normalized spacial score (nSPS) is 20.6. The Labute approximate surface area is 115 Å². The first-order chi connectivity index (χ1) is 8.70. The molecule has 1 saturated heterocycles. The van der Waals surface area contributed by atoms with Crippen molar-refractivity contribution >= 4 is 17.4 Å². The third-order valence-electron chi connectivity index (χ3n) is 3.50. The van der Waals surface area contributed by atoms with Gasteiger partial charge in [0.05, 0.1) is 0 Å². The van der Waals surface area contributed by atoms with E-state index in [-0.39, 0.29) is 0 Å². The maximum absolute atomic E-state index is 3.72. The van der Waals surface area contributed by atoms with E-state index in [9.17, 15) is 0 Å². The summed E-state index contributed by atoms with van der Waals surface area (Å²) in [7, 11) is 0. The molecule has 0 aromatic heterocycles. The first-order valence-electron chi connectivity index (χ1n) is 6.93. The van der Waals surface area contributed by atoms with E-state index in [1.165, 1.54) is 30.1 Å². The molecule has 0 spiro atoms. The Hall–Kier alpha value is -0.670. The summed E-state index contributed by atoms with van der Waals surface area (Å²) < 4.78 is 0. The number of thioether (sulfide) groups is 1. The van der Waals surface area contributed by atoms with Gasteiger partial charge in [-0.05, 0) is 38.2 Å². The monoisotopic (exact) mass is 264 g/mol. The molecule has 1 aromatic rings. The maximum Gasteiger partial charge on any atom is 0.0480 e. The molecule has 1 aromatic carbocycles. The van der Waals surface area contributed by atoms with E-state index in [4.69, 9.17) is 0 Å². The predicted molar refractivity (Wildman–Crippen MR) is 81.6 cm³/mol. The number of para-hydroxylation sites is 1. The number of anilines is 1. The standard InChI is InChI=1S/C15H24N2S/c1-4-18-15-8-6-5-7-14(15)16-13-9-10-17(11-13)12(2)3/h5-8,12-13,16H,4,9-11H2,1-3H3. The van der Waals surface area contributed by atoms with Gasteiger partial charge in [0.15, 0.2) is 0 Å². The van der Waals surface area contributed by atoms with Crippen LogP contribution >= 0.6 is 11.8 Å². The third kappa shape index (κ3) is 3.42. The molecule has 2 rings (SSSR count). The number of rotatable bonds is 5. The van der Waals surface area contributed by atoms with E-state index in [2.05, 4.69) is 55.3 Å². The molecule has 0 amide bonds. The second-order valence-electron chi connectivity index (χ2n) is 5.15. The van der Waals surface area contributed by atoms with Gasteiger partial charge in [0.25, 0.3) is 0 Å². The average Bonchev–Trinajstić information content (AvgIpc) is 2.81. The highest BCUT2D eigenvalue weighted by Crippen LogP contribution is 2.28. The molecular weight excluding hydrogens is 240 g/mol. The summed E-state index contributed by atoms with van der Waals surface area (Å²) >= 11 is 1.92. The summed E-state index contributed by atoms with van der Waals surface area (Å²) in [5, 5.41) is 3.72. The highest BCUT2D eigenvalue weighted by molar-refractivity contribution is 7.99. The van der Waals surface area contributed by atoms with Crippen LogP contribution in [0.15, 0.2) is 29.2 Å². The molecule has 1 aliphatic heterocycles. The molecule has 0 saturated carbocycles. The number of nitrogens with one attached hydrogen (secondary N) is 1. The topological polar surface area (TPSA) is 15.3 Å². The molecule has 100 valence electrons. The van der Waals surface area contributed by atoms with E-state index < -0.39 is 0 Å². The van der Waals surface area contributed by atoms with Crippen molar-refractivity contribution in [3.8, 4) is 0 Å². The molecule has 0 radical (unpaired) electrons. The van der Waals surface area contributed by atoms with E-state index in [0.717, 1.165) is 5.75 Å². The number of hydrogen-bond acceptors (Lipinski definition) is 3. The van der Waals surface area contributed by atoms with Gasteiger partial charge in [-0.15, -0.1) is 11.8 Å². The fourth-order valence-corrected chi connectivity index (χ4v) is 3.23. The first-order valence-corrected chi connectivity index (χ1v) is 7.91. The molecule has 0 aliphatic carbocycles. The molecule has 3 heteroatoms. The molecule has 1 N–H and O–H groups in total. The minimum Gasteiger partial charge on any atom is -0.380 e. The number of likely N-dealkylation sites (tertiary alicyclic amines) is 1. The van der Waals surface area contributed by atoms with Crippen LogP contribution in [0, 0.1) is 0 Å². The number of hydrogen-bond donors (Lipinski definition) is 1. The summed E-state index contributed by atoms with van der Waals surface area (Å²) in [6.07, 6.45) is 1.25. The lowest BCUT2D eigenvalue weighted by Gasteiger charge is -2.21. The lowest BCUT2D eigenvalue weighted by molar-refractivity contribution is 0.274. The van der Waals surface area contributed by atoms with Crippen molar-refractivity contribution in [1.82, 2.24) is 4.90 Å². The molecule has 0 bridgehead atoms. The molecule has 1 unspecified atom stereocenters. The summed E-state index contributed by atoms with van der Waals surface area (Å²) in [6, 6.07) is 9.93. The Morgan fingerprint density at radius 1 is 1.39 bits per heavy atom. The summed E-state index contributed by atoms with van der Waals surface area (Å²) in [5.41, 5.74) is 1.31. The summed E-state index contributed by atoms with van der Waals surface area (Å²) in [6.45, 7) is 9.16. The summed E-state index contributed by atoms with van der Waals surface area (Å²) in [5.74, 6) is 1.13. The van der Waals surface area contributed by atoms with Gasteiger partial charge in [0.1, 0.15) is 0 Å². The van der Waals surface area contributed by atoms with E-state index >= 15 is 0 Å². The molecule has 1 heterocycles. The fraction of sp³-hybridized carbons (Fsp3) is 0.600. The van der Waals surface area contributed by atoms with Crippen molar-refractivity contribution in [2.24, 2.45) is 0 Å². The van der Waals surface area contributed by atoms with Gasteiger partial charge < -0.3 is 5.32 Å². The van der Waals surface area contributed by atoms with Crippen LogP contribution in [0.5, 0.6) is 0 Å². The van der Waals surface area contributed by atoms with Gasteiger partial charge in [-0.2, -0.15) is 0 Å². The summed E-state index contributed by atoms with van der Waals surface area (Å²) in [4.78, 5) is 3.93. The highest BCUT2D eigenvalue weighted by atomic mass is 32.2. The van der Waals surface area contributed by atoms with Gasteiger partial charge in [-0.25, -0.2) is 0 Å². The minimum atomic E-state index is 0.603. The molecule has 1 aliphatic rings. The van der Waals surface area contributed by atoms with Crippen molar-refractivity contribution in [1.29, 1.82) is 0 Å². The van der Waals surface area contributed by atoms with Gasteiger partial charge in [-0.1, -0.05) is 19.1 Å². The maximum atomic E-state index is 3.72. The van der Waals surface area contributed by atoms with Gasteiger partial charge >= 0.3 is 0 Å². The van der Waals surface area contributed by atoms with Crippen LogP contribution in [0.1, 0.15) is 27.2 Å². The van der Waals surface area contributed by atoms with Crippen molar-refractivity contribution < 1.29 is 0 Å². The van der Waals surface area contributed by atoms with Crippen LogP contribution in [-0.2, 0) is 0 Å². The minimum absolute atomic E-state index is 0.603. The SMILES string of the molecule is CCSc1ccccc1NC1CCN(C(C)C)C1. The molecule has 2 nitrogen and oxygen atoms in total. The second kappa shape index (κ2) is 6.48. The third-order valence-corrected chi connectivity index (χ3v) is 4.45. The predicted octanol–water partition coefficient (Wildman–Crippen LogP) is 3.69. The number of nitrogens with zero attached hydrogens (tertiary/aromatic N) is 1. The van der Waals surface area contributed by atoms with Crippen LogP contribution in [0.3, 0.4) is 0 Å². The van der Waals surface area contributed by atoms with Crippen LogP contribution in [-0.4, -0.2) is 35.8 Å². The number of benzene rings is 1. The van der Waals surface area contributed by atoms with E-state index in [0.29, 0.717) is 12.1 Å². The zero-order valence-corrected chi connectivity index (χ0v) is 12.5. The van der Waals surface area contributed by atoms with Crippen LogP contribution < -0.4 is 5.32 Å². The Morgan fingerprint density at radius 3 is 2.83 bits per heavy atom. The Bertz CT molecular complexity index is 379. The fourth-order valence-electron chi connectivity index (χ4n) is 2.46. The lowest BCUT2D eigenvalue weighted by Crippen LogP contribution is -2.31. The molecular formula is C15H24N2S. The van der Waals surface area contributed by atoms with Crippen LogP contribution in [0.2, 0.25) is 0 Å². The average molecular weight is 264 g/mol. The zero-order chi connectivity index (χ0) is 13.0. The molecule has 1 fully saturated rings. The molecule has 18 heavy (non-hydrogen) atoms. The van der Waals surface area contributed by atoms with Gasteiger partial charge in [-0.3, -0.25) is 4.90 Å². The van der Waals surface area contributed by atoms with Gasteiger partial charge in [0.2, 0.25) is 0 Å². The Kier molecular flexibility index (Phi) is 4.95. The highest BCUT2D eigenvalue weighted by Gasteiger charge is 2.24. The van der Waals surface area contributed by atoms with Gasteiger partial charge in [0, 0.05) is 35.8 Å². The van der Waals surface area contributed by atoms with Crippen LogP contribution in [0.25, 0.3) is 0 Å². The van der Waals surface area contributed by atoms with Crippen molar-refractivity contribution in [2.45, 2.75) is 44.2 Å². The smallest absolute Gasteiger partial charge is 0.0480 e. The zero-order valence-electron chi connectivity index (χ0n) is 11.6. The quantitative estimate of drug-likeness (QED) is 0.817.